The highest BCUT2D eigenvalue weighted by atomic mass is 16.7. The van der Waals surface area contributed by atoms with Crippen LogP contribution < -0.4 is 0 Å². The van der Waals surface area contributed by atoms with E-state index in [0.717, 1.165) is 0 Å². The monoisotopic (exact) mass is 204 g/mol. The first-order chi connectivity index (χ1) is 6.43. The summed E-state index contributed by atoms with van der Waals surface area (Å²) < 4.78 is 0. The van der Waals surface area contributed by atoms with Crippen molar-refractivity contribution in [1.29, 1.82) is 0 Å². The number of aromatic nitrogens is 3. The highest BCUT2D eigenvalue weighted by Gasteiger charge is 2.35. The first kappa shape index (κ1) is 9.43. The van der Waals surface area contributed by atoms with Gasteiger partial charge >= 0.3 is 11.9 Å². The number of nitrogens with zero attached hydrogens (tertiary/aromatic N) is 6. The molecule has 0 saturated carbocycles. The van der Waals surface area contributed by atoms with E-state index in [2.05, 4.69) is 10.1 Å². The fraction of sp³-hybridized carbons (Fsp3) is 0. The van der Waals surface area contributed by atoms with E-state index in [1.165, 1.54) is 0 Å². The Hall–Kier alpha value is -2.66. The third-order valence-electron chi connectivity index (χ3n) is 1.04. The SMILES string of the molecule is O=[N+]([O-])c1nc([N+](=O)[O-])n([N+](=O)[O-])n1. The molecule has 1 aromatic heterocycles. The van der Waals surface area contributed by atoms with Crippen LogP contribution in [0.2, 0.25) is 0 Å². The maximum atomic E-state index is 10.1. The summed E-state index contributed by atoms with van der Waals surface area (Å²) in [6.07, 6.45) is 0. The Balaban J connectivity index is 3.33. The summed E-state index contributed by atoms with van der Waals surface area (Å²) in [4.78, 5) is 30.2. The molecule has 0 aliphatic rings. The maximum absolute atomic E-state index is 10.1. The quantitative estimate of drug-likeness (QED) is 0.453. The molecule has 1 rings (SSSR count). The lowest BCUT2D eigenvalue weighted by Crippen LogP contribution is -2.13. The number of rotatable bonds is 3. The molecule has 0 saturated heterocycles. The van der Waals surface area contributed by atoms with Gasteiger partial charge in [0.1, 0.15) is 5.03 Å². The van der Waals surface area contributed by atoms with Gasteiger partial charge in [0.05, 0.1) is 0 Å². The predicted octanol–water partition coefficient (Wildman–Crippen LogP) is -0.866. The summed E-state index contributed by atoms with van der Waals surface area (Å²) >= 11 is 0. The third kappa shape index (κ3) is 1.43. The fourth-order valence-electron chi connectivity index (χ4n) is 0.587. The number of hydrogen-bond acceptors (Lipinski definition) is 8. The molecule has 0 radical (unpaired) electrons. The molecule has 0 aliphatic carbocycles. The van der Waals surface area contributed by atoms with Gasteiger partial charge in [-0.25, -0.2) is 0 Å². The van der Waals surface area contributed by atoms with E-state index >= 15 is 0 Å². The van der Waals surface area contributed by atoms with Gasteiger partial charge in [-0.3, -0.25) is 0 Å². The van der Waals surface area contributed by atoms with Crippen molar-refractivity contribution in [1.82, 2.24) is 14.9 Å². The van der Waals surface area contributed by atoms with Crippen LogP contribution in [0.15, 0.2) is 0 Å². The lowest BCUT2D eigenvalue weighted by atomic mass is 11.0. The van der Waals surface area contributed by atoms with Crippen LogP contribution in [0.25, 0.3) is 0 Å². The molecule has 12 heteroatoms. The molecule has 0 bridgehead atoms. The Bertz CT molecular complexity index is 388. The highest BCUT2D eigenvalue weighted by Crippen LogP contribution is 2.11. The van der Waals surface area contributed by atoms with Crippen LogP contribution in [0.5, 0.6) is 0 Å². The zero-order chi connectivity index (χ0) is 10.9. The molecule has 0 N–H and O–H groups in total. The van der Waals surface area contributed by atoms with Gasteiger partial charge in [-0.15, -0.1) is 0 Å². The van der Waals surface area contributed by atoms with Crippen LogP contribution in [0.1, 0.15) is 0 Å². The molecule has 0 amide bonds. The minimum absolute atomic E-state index is 0.377. The van der Waals surface area contributed by atoms with Crippen molar-refractivity contribution in [3.05, 3.63) is 30.3 Å². The van der Waals surface area contributed by atoms with Crippen molar-refractivity contribution >= 4 is 11.9 Å². The summed E-state index contributed by atoms with van der Waals surface area (Å²) in [7, 11) is 0. The van der Waals surface area contributed by atoms with Crippen LogP contribution in [-0.2, 0) is 0 Å². The summed E-state index contributed by atoms with van der Waals surface area (Å²) in [5.41, 5.74) is 0. The molecule has 0 aliphatic heterocycles. The van der Waals surface area contributed by atoms with Crippen molar-refractivity contribution in [2.75, 3.05) is 0 Å². The molecule has 1 heterocycles. The Morgan fingerprint density at radius 2 is 1.64 bits per heavy atom. The van der Waals surface area contributed by atoms with Gasteiger partial charge in [0, 0.05) is 4.98 Å². The van der Waals surface area contributed by atoms with E-state index in [-0.39, 0.29) is 4.79 Å². The highest BCUT2D eigenvalue weighted by molar-refractivity contribution is 5.12. The topological polar surface area (TPSA) is 160 Å². The molecule has 0 aromatic carbocycles. The van der Waals surface area contributed by atoms with E-state index < -0.39 is 26.8 Å². The van der Waals surface area contributed by atoms with Crippen LogP contribution >= 0.6 is 0 Å². The van der Waals surface area contributed by atoms with Crippen LogP contribution in [0.3, 0.4) is 0 Å². The Kier molecular flexibility index (Phi) is 2.02. The zero-order valence-corrected chi connectivity index (χ0v) is 6.13. The summed E-state index contributed by atoms with van der Waals surface area (Å²) in [6, 6.07) is 0. The van der Waals surface area contributed by atoms with E-state index in [4.69, 9.17) is 0 Å². The van der Waals surface area contributed by atoms with E-state index in [0.29, 0.717) is 0 Å². The van der Waals surface area contributed by atoms with Crippen LogP contribution in [0, 0.1) is 30.3 Å². The lowest BCUT2D eigenvalue weighted by molar-refractivity contribution is -0.571. The molecule has 1 aromatic rings. The second-order valence-electron chi connectivity index (χ2n) is 1.85. The van der Waals surface area contributed by atoms with Gasteiger partial charge in [0.25, 0.3) is 0 Å². The molecule has 0 fully saturated rings. The fourth-order valence-corrected chi connectivity index (χ4v) is 0.587. The van der Waals surface area contributed by atoms with Gasteiger partial charge in [-0.2, -0.15) is 0 Å². The lowest BCUT2D eigenvalue weighted by Gasteiger charge is -1.88. The minimum atomic E-state index is -1.32. The van der Waals surface area contributed by atoms with Gasteiger partial charge in [0.2, 0.25) is 5.10 Å². The van der Waals surface area contributed by atoms with Crippen molar-refractivity contribution in [2.45, 2.75) is 0 Å². The average molecular weight is 204 g/mol. The summed E-state index contributed by atoms with van der Waals surface area (Å²) in [5, 5.41) is 31.7. The second kappa shape index (κ2) is 3.00. The average Bonchev–Trinajstić information content (AvgIpc) is 2.47. The molecule has 12 nitrogen and oxygen atoms in total. The Morgan fingerprint density at radius 1 is 1.07 bits per heavy atom. The number of nitro groups is 3. The molecule has 0 spiro atoms. The first-order valence-corrected chi connectivity index (χ1v) is 2.84. The third-order valence-corrected chi connectivity index (χ3v) is 1.04. The normalized spacial score (nSPS) is 9.71. The van der Waals surface area contributed by atoms with E-state index in [1.54, 1.807) is 0 Å². The number of hydrogen-bond donors (Lipinski definition) is 0. The van der Waals surface area contributed by atoms with E-state index in [9.17, 15) is 30.3 Å². The summed E-state index contributed by atoms with van der Waals surface area (Å²) in [5.74, 6) is -2.52. The summed E-state index contributed by atoms with van der Waals surface area (Å²) in [6.45, 7) is 0. The molecule has 14 heavy (non-hydrogen) atoms. The molecular weight excluding hydrogens is 204 g/mol. The van der Waals surface area contributed by atoms with Gasteiger partial charge in [-0.1, -0.05) is 0 Å². The standard InChI is InChI=1S/C2N6O6/c9-6(10)1-3-2(7(11)12)5(4-1)8(13)14. The molecule has 0 atom stereocenters. The van der Waals surface area contributed by atoms with Gasteiger partial charge in [-0.05, 0) is 9.85 Å². The van der Waals surface area contributed by atoms with Crippen LogP contribution in [0.4, 0.5) is 11.9 Å². The smallest absolute Gasteiger partial charge is 0.390 e. The Labute approximate surface area is 73.2 Å². The minimum Gasteiger partial charge on any atom is -0.390 e. The van der Waals surface area contributed by atoms with Crippen LogP contribution in [-0.4, -0.2) is 29.8 Å². The molecule has 0 unspecified atom stereocenters. The zero-order valence-electron chi connectivity index (χ0n) is 6.13. The van der Waals surface area contributed by atoms with E-state index in [1.807, 2.05) is 0 Å². The molecular formula is C2N6O6. The second-order valence-corrected chi connectivity index (χ2v) is 1.85. The van der Waals surface area contributed by atoms with Crippen molar-refractivity contribution in [2.24, 2.45) is 0 Å². The van der Waals surface area contributed by atoms with Crippen molar-refractivity contribution < 1.29 is 14.9 Å². The van der Waals surface area contributed by atoms with Crippen molar-refractivity contribution in [3.63, 3.8) is 0 Å². The van der Waals surface area contributed by atoms with Gasteiger partial charge in [0.15, 0.2) is 4.79 Å². The van der Waals surface area contributed by atoms with Gasteiger partial charge < -0.3 is 30.3 Å². The largest absolute Gasteiger partial charge is 0.551 e. The Morgan fingerprint density at radius 3 is 1.93 bits per heavy atom. The first-order valence-electron chi connectivity index (χ1n) is 2.84. The molecule has 74 valence electrons. The maximum Gasteiger partial charge on any atom is 0.551 e. The predicted molar refractivity (Wildman–Crippen MR) is 35.7 cm³/mol. The van der Waals surface area contributed by atoms with Crippen molar-refractivity contribution in [3.8, 4) is 0 Å².